The van der Waals surface area contributed by atoms with Gasteiger partial charge in [-0.15, -0.1) is 0 Å². The Bertz CT molecular complexity index is 1150. The van der Waals surface area contributed by atoms with Crippen LogP contribution in [0.15, 0.2) is 48.5 Å². The van der Waals surface area contributed by atoms with E-state index >= 15 is 0 Å². The summed E-state index contributed by atoms with van der Waals surface area (Å²) >= 11 is 0. The number of hydrogen-bond acceptors (Lipinski definition) is 6. The number of carbonyl (C=O) groups is 4. The minimum absolute atomic E-state index is 0.0683. The van der Waals surface area contributed by atoms with Gasteiger partial charge in [-0.2, -0.15) is 0 Å². The molecule has 3 aliphatic rings. The van der Waals surface area contributed by atoms with Crippen molar-refractivity contribution in [2.24, 2.45) is 0 Å². The second-order valence-corrected chi connectivity index (χ2v) is 8.91. The zero-order valence-corrected chi connectivity index (χ0v) is 18.9. The van der Waals surface area contributed by atoms with Crippen molar-refractivity contribution in [1.82, 2.24) is 15.8 Å². The van der Waals surface area contributed by atoms with Crippen LogP contribution in [0.3, 0.4) is 0 Å². The second kappa shape index (κ2) is 9.03. The highest BCUT2D eigenvalue weighted by molar-refractivity contribution is 5.98. The van der Waals surface area contributed by atoms with E-state index in [4.69, 9.17) is 9.47 Å². The minimum Gasteiger partial charge on any atom is -0.480 e. The lowest BCUT2D eigenvalue weighted by molar-refractivity contribution is -0.156. The van der Waals surface area contributed by atoms with Gasteiger partial charge in [-0.1, -0.05) is 48.5 Å². The highest BCUT2D eigenvalue weighted by Crippen LogP contribution is 2.44. The normalized spacial score (nSPS) is 20.5. The Kier molecular flexibility index (Phi) is 5.89. The van der Waals surface area contributed by atoms with Crippen LogP contribution in [0.25, 0.3) is 11.1 Å². The molecule has 2 aromatic rings. The zero-order chi connectivity index (χ0) is 24.6. The van der Waals surface area contributed by atoms with Gasteiger partial charge in [0.1, 0.15) is 12.1 Å². The van der Waals surface area contributed by atoms with Crippen molar-refractivity contribution < 1.29 is 33.8 Å². The number of aliphatic carboxylic acids is 1. The van der Waals surface area contributed by atoms with Crippen molar-refractivity contribution in [3.05, 3.63) is 59.7 Å². The molecule has 1 aliphatic carbocycles. The number of hydrogen-bond donors (Lipinski definition) is 3. The molecule has 2 saturated heterocycles. The third-order valence-corrected chi connectivity index (χ3v) is 6.88. The maximum Gasteiger partial charge on any atom is 0.408 e. The van der Waals surface area contributed by atoms with Crippen molar-refractivity contribution in [2.75, 3.05) is 19.8 Å². The fourth-order valence-electron chi connectivity index (χ4n) is 5.09. The van der Waals surface area contributed by atoms with Crippen LogP contribution >= 0.6 is 0 Å². The van der Waals surface area contributed by atoms with E-state index in [0.29, 0.717) is 0 Å². The molecule has 35 heavy (non-hydrogen) atoms. The number of carbonyl (C=O) groups excluding carboxylic acids is 3. The highest BCUT2D eigenvalue weighted by atomic mass is 16.5. The molecule has 0 bridgehead atoms. The second-order valence-electron chi connectivity index (χ2n) is 8.91. The van der Waals surface area contributed by atoms with Gasteiger partial charge < -0.3 is 19.9 Å². The molecule has 2 aromatic carbocycles. The maximum atomic E-state index is 13.4. The number of carboxylic acid groups (broad SMARTS) is 1. The number of alkyl carbamates (subject to hydrolysis) is 1. The lowest BCUT2D eigenvalue weighted by Gasteiger charge is -2.39. The molecule has 0 saturated carbocycles. The third-order valence-electron chi connectivity index (χ3n) is 6.88. The molecule has 2 aliphatic heterocycles. The standard InChI is InChI=1S/C25H25N3O7/c29-21-13-20(22(30)31)28(27-21)23(32)25(9-11-34-12-10-25)26-24(33)35-14-19-17-7-3-1-5-15(17)16-6-2-4-8-18(16)19/h1-8,19-20H,9-14H2,(H,26,33)(H,27,29)(H,30,31). The van der Waals surface area contributed by atoms with E-state index in [1.54, 1.807) is 0 Å². The minimum atomic E-state index is -1.45. The quantitative estimate of drug-likeness (QED) is 0.595. The number of rotatable bonds is 5. The lowest BCUT2D eigenvalue weighted by atomic mass is 9.88. The molecule has 0 spiro atoms. The first-order valence-electron chi connectivity index (χ1n) is 11.5. The topological polar surface area (TPSA) is 134 Å². The van der Waals surface area contributed by atoms with E-state index in [1.807, 2.05) is 48.5 Å². The van der Waals surface area contributed by atoms with E-state index in [-0.39, 0.29) is 45.0 Å². The Hall–Kier alpha value is -3.92. The number of hydrazine groups is 1. The summed E-state index contributed by atoms with van der Waals surface area (Å²) in [6.07, 6.45) is -0.901. The average molecular weight is 479 g/mol. The number of benzene rings is 2. The molecule has 2 fully saturated rings. The van der Waals surface area contributed by atoms with Crippen LogP contribution in [-0.2, 0) is 23.9 Å². The Morgan fingerprint density at radius 1 is 1.06 bits per heavy atom. The molecule has 3 N–H and O–H groups in total. The van der Waals surface area contributed by atoms with Gasteiger partial charge in [-0.25, -0.2) is 14.6 Å². The van der Waals surface area contributed by atoms with Crippen molar-refractivity contribution in [3.63, 3.8) is 0 Å². The van der Waals surface area contributed by atoms with Crippen LogP contribution in [0.1, 0.15) is 36.3 Å². The van der Waals surface area contributed by atoms with Crippen LogP contribution in [-0.4, -0.2) is 65.4 Å². The number of carboxylic acids is 1. The Balaban J connectivity index is 1.33. The Morgan fingerprint density at radius 3 is 2.26 bits per heavy atom. The molecule has 5 rings (SSSR count). The van der Waals surface area contributed by atoms with E-state index in [2.05, 4.69) is 10.7 Å². The maximum absolute atomic E-state index is 13.4. The van der Waals surface area contributed by atoms with E-state index in [9.17, 15) is 24.3 Å². The fourth-order valence-corrected chi connectivity index (χ4v) is 5.09. The summed E-state index contributed by atoms with van der Waals surface area (Å²) in [6.45, 7) is 0.447. The SMILES string of the molecule is O=C1CC(C(=O)O)N(C(=O)C2(NC(=O)OCC3c4ccccc4-c4ccccc43)CCOCC2)N1. The predicted molar refractivity (Wildman–Crippen MR) is 122 cm³/mol. The number of amides is 3. The van der Waals surface area contributed by atoms with Crippen molar-refractivity contribution in [1.29, 1.82) is 0 Å². The largest absolute Gasteiger partial charge is 0.480 e. The summed E-state index contributed by atoms with van der Waals surface area (Å²) < 4.78 is 11.0. The highest BCUT2D eigenvalue weighted by Gasteiger charge is 2.50. The number of ether oxygens (including phenoxy) is 2. The van der Waals surface area contributed by atoms with Gasteiger partial charge >= 0.3 is 12.1 Å². The summed E-state index contributed by atoms with van der Waals surface area (Å²) in [5, 5.41) is 12.9. The molecule has 182 valence electrons. The predicted octanol–water partition coefficient (Wildman–Crippen LogP) is 1.79. The van der Waals surface area contributed by atoms with Gasteiger partial charge in [0, 0.05) is 32.0 Å². The molecule has 1 atom stereocenters. The number of fused-ring (bicyclic) bond motifs is 3. The number of nitrogens with zero attached hydrogens (tertiary/aromatic N) is 1. The van der Waals surface area contributed by atoms with Gasteiger partial charge in [0.05, 0.1) is 6.42 Å². The summed E-state index contributed by atoms with van der Waals surface area (Å²) in [7, 11) is 0. The van der Waals surface area contributed by atoms with Crippen LogP contribution in [0.2, 0.25) is 0 Å². The fraction of sp³-hybridized carbons (Fsp3) is 0.360. The van der Waals surface area contributed by atoms with Crippen LogP contribution in [0.5, 0.6) is 0 Å². The van der Waals surface area contributed by atoms with Crippen LogP contribution in [0, 0.1) is 0 Å². The summed E-state index contributed by atoms with van der Waals surface area (Å²) in [4.78, 5) is 49.8. The molecule has 3 amide bonds. The first kappa shape index (κ1) is 22.9. The van der Waals surface area contributed by atoms with Crippen molar-refractivity contribution in [2.45, 2.75) is 36.8 Å². The Morgan fingerprint density at radius 2 is 1.66 bits per heavy atom. The van der Waals surface area contributed by atoms with Gasteiger partial charge in [-0.3, -0.25) is 15.0 Å². The first-order valence-corrected chi connectivity index (χ1v) is 11.5. The van der Waals surface area contributed by atoms with Crippen molar-refractivity contribution >= 4 is 23.9 Å². The van der Waals surface area contributed by atoms with Gasteiger partial charge in [0.2, 0.25) is 5.91 Å². The van der Waals surface area contributed by atoms with E-state index < -0.39 is 35.5 Å². The van der Waals surface area contributed by atoms with Crippen molar-refractivity contribution in [3.8, 4) is 11.1 Å². The Labute approximate surface area is 201 Å². The van der Waals surface area contributed by atoms with Crippen LogP contribution in [0.4, 0.5) is 4.79 Å². The third kappa shape index (κ3) is 4.10. The molecular formula is C25H25N3O7. The molecule has 0 radical (unpaired) electrons. The molecule has 10 nitrogen and oxygen atoms in total. The van der Waals surface area contributed by atoms with E-state index in [1.165, 1.54) is 0 Å². The smallest absolute Gasteiger partial charge is 0.408 e. The van der Waals surface area contributed by atoms with Crippen LogP contribution < -0.4 is 10.7 Å². The summed E-state index contributed by atoms with van der Waals surface area (Å²) in [5.74, 6) is -2.73. The van der Waals surface area contributed by atoms with Gasteiger partial charge in [0.15, 0.2) is 6.04 Å². The summed E-state index contributed by atoms with van der Waals surface area (Å²) in [5.41, 5.74) is 5.16. The monoisotopic (exact) mass is 479 g/mol. The molecule has 1 unspecified atom stereocenters. The molecular weight excluding hydrogens is 454 g/mol. The summed E-state index contributed by atoms with van der Waals surface area (Å²) in [6, 6.07) is 14.5. The molecule has 0 aromatic heterocycles. The average Bonchev–Trinajstić information content (AvgIpc) is 3.41. The lowest BCUT2D eigenvalue weighted by Crippen LogP contribution is -2.65. The zero-order valence-electron chi connectivity index (χ0n) is 18.9. The number of nitrogens with one attached hydrogen (secondary N) is 2. The molecule has 2 heterocycles. The van der Waals surface area contributed by atoms with E-state index in [0.717, 1.165) is 27.3 Å². The molecule has 10 heteroatoms. The first-order chi connectivity index (χ1) is 16.9. The van der Waals surface area contributed by atoms with Gasteiger partial charge in [-0.05, 0) is 22.3 Å². The van der Waals surface area contributed by atoms with Gasteiger partial charge in [0.25, 0.3) is 5.91 Å².